The molecule has 4 nitrogen and oxygen atoms in total. The summed E-state index contributed by atoms with van der Waals surface area (Å²) in [6, 6.07) is 16.4. The predicted molar refractivity (Wildman–Crippen MR) is 149 cm³/mol. The van der Waals surface area contributed by atoms with Crippen molar-refractivity contribution in [1.29, 1.82) is 0 Å². The smallest absolute Gasteiger partial charge is 0.0486 e. The third-order valence-corrected chi connectivity index (χ3v) is 5.51. The molecule has 180 valence electrons. The van der Waals surface area contributed by atoms with Crippen molar-refractivity contribution >= 4 is 34.2 Å². The van der Waals surface area contributed by atoms with E-state index in [2.05, 4.69) is 64.1 Å². The van der Waals surface area contributed by atoms with Gasteiger partial charge in [-0.15, -0.1) is 11.4 Å². The molecule has 0 N–H and O–H groups in total. The zero-order valence-corrected chi connectivity index (χ0v) is 21.2. The molecule has 0 aromatic heterocycles. The van der Waals surface area contributed by atoms with Crippen molar-refractivity contribution < 1.29 is 0 Å². The van der Waals surface area contributed by atoms with Gasteiger partial charge in [0.1, 0.15) is 0 Å². The van der Waals surface area contributed by atoms with Gasteiger partial charge in [-0.05, 0) is 37.8 Å². The van der Waals surface area contributed by atoms with Gasteiger partial charge in [0.05, 0.1) is 0 Å². The zero-order valence-electron chi connectivity index (χ0n) is 21.2. The molecular weight excluding hydrogens is 416 g/mol. The SMILES string of the molecule is CCCC1=Nc2ccccc2[N-]/C(CCC)=C\C(CCC)=Nc2ccccc2[N-]/C(CCC)=C\1. The van der Waals surface area contributed by atoms with E-state index in [1.807, 2.05) is 24.3 Å². The van der Waals surface area contributed by atoms with E-state index in [0.717, 1.165) is 96.9 Å². The first kappa shape index (κ1) is 25.5. The second kappa shape index (κ2) is 13.5. The van der Waals surface area contributed by atoms with Crippen molar-refractivity contribution in [3.8, 4) is 0 Å². The highest BCUT2D eigenvalue weighted by molar-refractivity contribution is 6.01. The van der Waals surface area contributed by atoms with Crippen molar-refractivity contribution in [3.05, 3.63) is 82.7 Å². The van der Waals surface area contributed by atoms with Crippen LogP contribution in [0.3, 0.4) is 0 Å². The lowest BCUT2D eigenvalue weighted by Gasteiger charge is -2.30. The highest BCUT2D eigenvalue weighted by atomic mass is 15.0. The summed E-state index contributed by atoms with van der Waals surface area (Å²) in [5.41, 5.74) is 7.81. The van der Waals surface area contributed by atoms with Crippen LogP contribution >= 0.6 is 0 Å². The zero-order chi connectivity index (χ0) is 24.2. The quantitative estimate of drug-likeness (QED) is 0.381. The average Bonchev–Trinajstić information content (AvgIpc) is 2.81. The van der Waals surface area contributed by atoms with Crippen molar-refractivity contribution in [2.75, 3.05) is 0 Å². The lowest BCUT2D eigenvalue weighted by Crippen LogP contribution is -1.98. The fourth-order valence-electron chi connectivity index (χ4n) is 3.98. The van der Waals surface area contributed by atoms with E-state index in [1.165, 1.54) is 0 Å². The van der Waals surface area contributed by atoms with Crippen LogP contribution in [-0.4, -0.2) is 11.4 Å². The van der Waals surface area contributed by atoms with Crippen molar-refractivity contribution in [1.82, 2.24) is 0 Å². The summed E-state index contributed by atoms with van der Waals surface area (Å²) in [4.78, 5) is 10.2. The van der Waals surface area contributed by atoms with Crippen molar-refractivity contribution in [3.63, 3.8) is 0 Å². The molecule has 0 radical (unpaired) electrons. The Morgan fingerprint density at radius 1 is 0.529 bits per heavy atom. The van der Waals surface area contributed by atoms with E-state index in [9.17, 15) is 0 Å². The van der Waals surface area contributed by atoms with Crippen LogP contribution in [-0.2, 0) is 0 Å². The van der Waals surface area contributed by atoms with Gasteiger partial charge in [-0.2, -0.15) is 11.4 Å². The topological polar surface area (TPSA) is 52.9 Å². The van der Waals surface area contributed by atoms with Crippen LogP contribution in [0.25, 0.3) is 10.6 Å². The van der Waals surface area contributed by atoms with Crippen molar-refractivity contribution in [2.24, 2.45) is 9.98 Å². The highest BCUT2D eigenvalue weighted by Gasteiger charge is 2.03. The Bertz CT molecular complexity index is 973. The van der Waals surface area contributed by atoms with E-state index in [4.69, 9.17) is 20.6 Å². The second-order valence-electron chi connectivity index (χ2n) is 8.68. The molecule has 4 heteroatoms. The maximum Gasteiger partial charge on any atom is 0.0486 e. The number of benzene rings is 2. The van der Waals surface area contributed by atoms with Crippen LogP contribution in [0.15, 0.2) is 82.1 Å². The monoisotopic (exact) mass is 454 g/mol. The molecule has 1 heterocycles. The Morgan fingerprint density at radius 3 is 1.29 bits per heavy atom. The Kier molecular flexibility index (Phi) is 10.1. The molecule has 1 aliphatic rings. The molecule has 0 spiro atoms. The van der Waals surface area contributed by atoms with Gasteiger partial charge in [-0.25, -0.2) is 0 Å². The number of nitrogens with zero attached hydrogens (tertiary/aromatic N) is 4. The molecule has 2 aromatic rings. The number of allylic oxidation sites excluding steroid dienone is 4. The summed E-state index contributed by atoms with van der Waals surface area (Å²) < 4.78 is 0. The van der Waals surface area contributed by atoms with Crippen LogP contribution in [0.1, 0.15) is 79.1 Å². The van der Waals surface area contributed by atoms with Crippen LogP contribution in [0.4, 0.5) is 22.7 Å². The molecular formula is C30H38N4-2. The molecule has 0 aliphatic carbocycles. The molecule has 0 atom stereocenters. The van der Waals surface area contributed by atoms with Gasteiger partial charge < -0.3 is 10.6 Å². The normalized spacial score (nSPS) is 17.3. The van der Waals surface area contributed by atoms with Gasteiger partial charge in [-0.1, -0.05) is 102 Å². The highest BCUT2D eigenvalue weighted by Crippen LogP contribution is 2.39. The average molecular weight is 455 g/mol. The number of hydrogen-bond acceptors (Lipinski definition) is 2. The number of fused-ring (bicyclic) bond motifs is 2. The number of aliphatic imine (C=N–C) groups is 2. The molecule has 1 aliphatic heterocycles. The lowest BCUT2D eigenvalue weighted by atomic mass is 10.1. The van der Waals surface area contributed by atoms with E-state index in [0.29, 0.717) is 0 Å². The van der Waals surface area contributed by atoms with E-state index >= 15 is 0 Å². The van der Waals surface area contributed by atoms with Gasteiger partial charge in [-0.3, -0.25) is 9.98 Å². The molecule has 0 fully saturated rings. The summed E-state index contributed by atoms with van der Waals surface area (Å²) in [5.74, 6) is 0. The molecule has 0 bridgehead atoms. The first-order valence-electron chi connectivity index (χ1n) is 12.8. The molecule has 0 saturated heterocycles. The van der Waals surface area contributed by atoms with Gasteiger partial charge in [0, 0.05) is 22.8 Å². The Balaban J connectivity index is 2.23. The lowest BCUT2D eigenvalue weighted by molar-refractivity contribution is 0.917. The van der Waals surface area contributed by atoms with Crippen molar-refractivity contribution in [2.45, 2.75) is 79.1 Å². The summed E-state index contributed by atoms with van der Waals surface area (Å²) in [5, 5.41) is 10.2. The van der Waals surface area contributed by atoms with Gasteiger partial charge in [0.15, 0.2) is 0 Å². The molecule has 0 unspecified atom stereocenters. The minimum atomic E-state index is 0.898. The fourth-order valence-corrected chi connectivity index (χ4v) is 3.98. The predicted octanol–water partition coefficient (Wildman–Crippen LogP) is 10.5. The third-order valence-electron chi connectivity index (χ3n) is 5.51. The number of hydrogen-bond donors (Lipinski definition) is 0. The summed E-state index contributed by atoms with van der Waals surface area (Å²) in [7, 11) is 0. The van der Waals surface area contributed by atoms with E-state index in [-0.39, 0.29) is 0 Å². The Morgan fingerprint density at radius 2 is 0.912 bits per heavy atom. The molecule has 2 aromatic carbocycles. The summed E-state index contributed by atoms with van der Waals surface area (Å²) in [6.07, 6.45) is 12.0. The number of rotatable bonds is 8. The Labute approximate surface area is 206 Å². The third kappa shape index (κ3) is 7.44. The van der Waals surface area contributed by atoms with Gasteiger partial charge in [0.25, 0.3) is 0 Å². The van der Waals surface area contributed by atoms with Crippen LogP contribution in [0, 0.1) is 0 Å². The first-order valence-corrected chi connectivity index (χ1v) is 12.8. The number of para-hydroxylation sites is 4. The molecule has 3 rings (SSSR count). The van der Waals surface area contributed by atoms with E-state index < -0.39 is 0 Å². The van der Waals surface area contributed by atoms with Gasteiger partial charge in [0.2, 0.25) is 0 Å². The van der Waals surface area contributed by atoms with E-state index in [1.54, 1.807) is 0 Å². The summed E-state index contributed by atoms with van der Waals surface area (Å²) in [6.45, 7) is 8.76. The second-order valence-corrected chi connectivity index (χ2v) is 8.68. The minimum Gasteiger partial charge on any atom is -0.659 e. The van der Waals surface area contributed by atoms with Crippen LogP contribution < -0.4 is 0 Å². The molecule has 0 amide bonds. The standard InChI is InChI=1S/C30H38N4/c1-5-13-23-21-24(14-6-2)32-29-19-11-12-20-30(29)34-26(16-8-4)22-25(15-7-3)33-28-18-10-9-17-27(28)31-23/h9-12,17-22H,5-8,13-16H2,1-4H3/q-2/b23-21-,26-22-,32-24?,33-25?. The molecule has 34 heavy (non-hydrogen) atoms. The van der Waals surface area contributed by atoms with Crippen LogP contribution in [0.5, 0.6) is 0 Å². The first-order chi connectivity index (χ1) is 16.7. The maximum atomic E-state index is 5.08. The summed E-state index contributed by atoms with van der Waals surface area (Å²) >= 11 is 0. The van der Waals surface area contributed by atoms with Gasteiger partial charge >= 0.3 is 0 Å². The Hall–Kier alpha value is -3.14. The molecule has 0 saturated carbocycles. The minimum absolute atomic E-state index is 0.898. The van der Waals surface area contributed by atoms with Crippen LogP contribution in [0.2, 0.25) is 0 Å². The largest absolute Gasteiger partial charge is 0.659 e. The maximum absolute atomic E-state index is 5.08. The fraction of sp³-hybridized carbons (Fsp3) is 0.400.